The molecule has 0 radical (unpaired) electrons. The number of Topliss-reactive ketones (excluding diaryl/α,β-unsaturated/α-hetero) is 1. The van der Waals surface area contributed by atoms with E-state index in [1.807, 2.05) is 12.3 Å². The Hall–Kier alpha value is -2.49. The van der Waals surface area contributed by atoms with Gasteiger partial charge in [-0.05, 0) is 73.9 Å². The first-order valence-electron chi connectivity index (χ1n) is 13.4. The number of nitrogens with zero attached hydrogens (tertiary/aromatic N) is 1. The first-order chi connectivity index (χ1) is 18.1. The van der Waals surface area contributed by atoms with E-state index >= 15 is 0 Å². The van der Waals surface area contributed by atoms with Crippen LogP contribution in [0.3, 0.4) is 0 Å². The van der Waals surface area contributed by atoms with Crippen LogP contribution in [0.5, 0.6) is 0 Å². The number of rotatable bonds is 11. The predicted octanol–water partition coefficient (Wildman–Crippen LogP) is 6.18. The van der Waals surface area contributed by atoms with E-state index in [0.717, 1.165) is 67.8 Å². The molecule has 2 aromatic rings. The van der Waals surface area contributed by atoms with Crippen molar-refractivity contribution in [1.82, 2.24) is 5.32 Å². The summed E-state index contributed by atoms with van der Waals surface area (Å²) in [6.45, 7) is 14.4. The molecule has 1 aliphatic heterocycles. The lowest BCUT2D eigenvalue weighted by Gasteiger charge is -2.36. The number of likely N-dealkylation sites (tertiary alicyclic amines) is 1. The summed E-state index contributed by atoms with van der Waals surface area (Å²) >= 11 is 3.02. The number of hydrogen-bond acceptors (Lipinski definition) is 6. The largest absolute Gasteiger partial charge is 0.496 e. The number of nitrogens with one attached hydrogen (secondary N) is 2. The number of methoxy groups -OCH3 is 1. The molecule has 2 N–H and O–H groups in total. The molecule has 2 aromatic heterocycles. The molecule has 0 aliphatic carbocycles. The molecule has 1 saturated heterocycles. The van der Waals surface area contributed by atoms with Crippen LogP contribution in [-0.2, 0) is 14.3 Å². The van der Waals surface area contributed by atoms with Crippen molar-refractivity contribution in [2.45, 2.75) is 66.2 Å². The number of ketones is 1. The van der Waals surface area contributed by atoms with E-state index in [1.165, 1.54) is 16.9 Å². The Kier molecular flexibility index (Phi) is 13.2. The second-order valence-corrected chi connectivity index (χ2v) is 11.9. The zero-order valence-corrected chi connectivity index (χ0v) is 25.2. The molecule has 0 unspecified atom stereocenters. The molecule has 3 rings (SSSR count). The monoisotopic (exact) mass is 562 g/mol. The maximum atomic E-state index is 12.9. The Bertz CT molecular complexity index is 1080. The van der Waals surface area contributed by atoms with Crippen LogP contribution in [0.25, 0.3) is 5.76 Å². The van der Waals surface area contributed by atoms with E-state index < -0.39 is 0 Å². The van der Waals surface area contributed by atoms with Crippen LogP contribution >= 0.6 is 22.7 Å². The maximum Gasteiger partial charge on any atom is 0.279 e. The van der Waals surface area contributed by atoms with Gasteiger partial charge in [-0.1, -0.05) is 19.9 Å². The van der Waals surface area contributed by atoms with Crippen molar-refractivity contribution in [3.05, 3.63) is 44.3 Å². The van der Waals surface area contributed by atoms with E-state index in [0.29, 0.717) is 28.1 Å². The number of aryl methyl sites for hydroxylation is 2. The Labute approximate surface area is 235 Å². The number of hydrogen-bond donors (Lipinski definition) is 2. The zero-order chi connectivity index (χ0) is 28.1. The molecule has 3 heterocycles. The number of quaternary nitrogens is 1. The van der Waals surface area contributed by atoms with Gasteiger partial charge >= 0.3 is 0 Å². The van der Waals surface area contributed by atoms with E-state index in [1.54, 1.807) is 25.4 Å². The second kappa shape index (κ2) is 15.8. The van der Waals surface area contributed by atoms with Crippen molar-refractivity contribution >= 4 is 51.7 Å². The van der Waals surface area contributed by atoms with Crippen molar-refractivity contribution in [2.75, 3.05) is 45.2 Å². The fourth-order valence-corrected chi connectivity index (χ4v) is 6.36. The van der Waals surface area contributed by atoms with Crippen molar-refractivity contribution in [1.29, 1.82) is 0 Å². The summed E-state index contributed by atoms with van der Waals surface area (Å²) in [7, 11) is 1.64. The molecular weight excluding hydrogens is 518 g/mol. The van der Waals surface area contributed by atoms with Gasteiger partial charge < -0.3 is 19.9 Å². The van der Waals surface area contributed by atoms with Gasteiger partial charge in [0.2, 0.25) is 0 Å². The number of carbonyl (C=O) groups is 3. The Morgan fingerprint density at radius 2 is 1.74 bits per heavy atom. The summed E-state index contributed by atoms with van der Waals surface area (Å²) < 4.78 is 5.50. The lowest BCUT2D eigenvalue weighted by Crippen LogP contribution is -2.55. The highest BCUT2D eigenvalue weighted by atomic mass is 32.1. The summed E-state index contributed by atoms with van der Waals surface area (Å²) in [6, 6.07) is 2.07. The summed E-state index contributed by atoms with van der Waals surface area (Å²) in [6.07, 6.45) is 6.36. The third-order valence-electron chi connectivity index (χ3n) is 6.57. The quantitative estimate of drug-likeness (QED) is 0.195. The third kappa shape index (κ3) is 10.0. The van der Waals surface area contributed by atoms with Crippen molar-refractivity contribution in [3.8, 4) is 0 Å². The summed E-state index contributed by atoms with van der Waals surface area (Å²) in [5.41, 5.74) is 2.77. The standard InChI is InChI=1S/C21H33N3O3S.C8H10OS/c1-4-5-10-22-21(27)20-19(16(2)15-28-20)23-18(26)14-24(13-17(3)25)11-8-6-7-9-12-24;1-6-4-8(10-5-6)7(2)9-3/h15H,4-14H2,1-3H3,(H-,22,23,26,27);4-5H,2H2,1,3H3/p+1. The first-order valence-corrected chi connectivity index (χ1v) is 15.2. The number of ether oxygens (including phenoxy) is 1. The minimum atomic E-state index is -0.135. The van der Waals surface area contributed by atoms with Crippen molar-refractivity contribution < 1.29 is 23.6 Å². The predicted molar refractivity (Wildman–Crippen MR) is 159 cm³/mol. The van der Waals surface area contributed by atoms with Gasteiger partial charge in [0.15, 0.2) is 12.3 Å². The molecule has 2 amide bonds. The molecular formula is C29H44N3O4S2+. The Balaban J connectivity index is 0.000000423. The molecule has 210 valence electrons. The van der Waals surface area contributed by atoms with Crippen molar-refractivity contribution in [3.63, 3.8) is 0 Å². The molecule has 0 atom stereocenters. The van der Waals surface area contributed by atoms with Gasteiger partial charge in [0, 0.05) is 13.5 Å². The highest BCUT2D eigenvalue weighted by Gasteiger charge is 2.33. The van der Waals surface area contributed by atoms with E-state index in [2.05, 4.69) is 42.5 Å². The minimum Gasteiger partial charge on any atom is -0.496 e. The SMILES string of the molecule is C=C(OC)c1cc(C)cs1.CCCCNC(=O)c1scc(C)c1NC(=O)C[N+]1(CC(C)=O)CCCCCC1. The lowest BCUT2D eigenvalue weighted by molar-refractivity contribution is -0.912. The summed E-state index contributed by atoms with van der Waals surface area (Å²) in [4.78, 5) is 38.9. The lowest BCUT2D eigenvalue weighted by atomic mass is 10.2. The van der Waals surface area contributed by atoms with Gasteiger partial charge in [0.25, 0.3) is 11.8 Å². The van der Waals surface area contributed by atoms with Crippen LogP contribution in [0.2, 0.25) is 0 Å². The summed E-state index contributed by atoms with van der Waals surface area (Å²) in [5.74, 6) is 0.618. The molecule has 0 saturated carbocycles. The molecule has 9 heteroatoms. The third-order valence-corrected chi connectivity index (χ3v) is 8.75. The molecule has 0 aromatic carbocycles. The number of anilines is 1. The van der Waals surface area contributed by atoms with Gasteiger partial charge in [-0.15, -0.1) is 22.7 Å². The van der Waals surface area contributed by atoms with Gasteiger partial charge in [-0.2, -0.15) is 0 Å². The van der Waals surface area contributed by atoms with Gasteiger partial charge in [-0.3, -0.25) is 14.4 Å². The average molecular weight is 563 g/mol. The van der Waals surface area contributed by atoms with Crippen LogP contribution in [-0.4, -0.2) is 61.9 Å². The molecule has 7 nitrogen and oxygen atoms in total. The highest BCUT2D eigenvalue weighted by molar-refractivity contribution is 7.13. The topological polar surface area (TPSA) is 84.5 Å². The van der Waals surface area contributed by atoms with Crippen LogP contribution in [0, 0.1) is 13.8 Å². The first kappa shape index (κ1) is 31.7. The van der Waals surface area contributed by atoms with Crippen LogP contribution in [0.4, 0.5) is 5.69 Å². The summed E-state index contributed by atoms with van der Waals surface area (Å²) in [5, 5.41) is 9.88. The van der Waals surface area contributed by atoms with Crippen LogP contribution in [0.1, 0.15) is 78.0 Å². The number of unbranched alkanes of at least 4 members (excludes halogenated alkanes) is 1. The average Bonchev–Trinajstić information content (AvgIpc) is 3.38. The Morgan fingerprint density at radius 1 is 1.05 bits per heavy atom. The molecule has 0 bridgehead atoms. The van der Waals surface area contributed by atoms with Crippen LogP contribution < -0.4 is 10.6 Å². The second-order valence-electron chi connectivity index (χ2n) is 10.1. The smallest absolute Gasteiger partial charge is 0.279 e. The normalized spacial score (nSPS) is 14.4. The van der Waals surface area contributed by atoms with Gasteiger partial charge in [0.05, 0.1) is 30.8 Å². The van der Waals surface area contributed by atoms with Crippen LogP contribution in [0.15, 0.2) is 23.4 Å². The fourth-order valence-electron chi connectivity index (χ4n) is 4.59. The Morgan fingerprint density at radius 3 is 2.29 bits per heavy atom. The van der Waals surface area contributed by atoms with E-state index in [-0.39, 0.29) is 24.1 Å². The maximum absolute atomic E-state index is 12.9. The number of carbonyl (C=O) groups excluding carboxylic acids is 3. The fraction of sp³-hybridized carbons (Fsp3) is 0.552. The van der Waals surface area contributed by atoms with E-state index in [4.69, 9.17) is 4.74 Å². The number of amides is 2. The highest BCUT2D eigenvalue weighted by Crippen LogP contribution is 2.28. The minimum absolute atomic E-state index is 0.118. The van der Waals surface area contributed by atoms with Gasteiger partial charge in [-0.25, -0.2) is 0 Å². The number of thiophene rings is 2. The molecule has 1 fully saturated rings. The molecule has 1 aliphatic rings. The van der Waals surface area contributed by atoms with Gasteiger partial charge in [0.1, 0.15) is 17.2 Å². The zero-order valence-electron chi connectivity index (χ0n) is 23.6. The molecule has 38 heavy (non-hydrogen) atoms. The molecule has 0 spiro atoms. The van der Waals surface area contributed by atoms with E-state index in [9.17, 15) is 14.4 Å². The van der Waals surface area contributed by atoms with Crippen molar-refractivity contribution in [2.24, 2.45) is 0 Å².